The van der Waals surface area contributed by atoms with Crippen LogP contribution in [0.25, 0.3) is 0 Å². The van der Waals surface area contributed by atoms with Crippen LogP contribution in [0.2, 0.25) is 0 Å². The number of hydrogen-bond acceptors (Lipinski definition) is 5. The number of aliphatic imine (C=N–C) groups is 1. The van der Waals surface area contributed by atoms with E-state index in [1.54, 1.807) is 7.05 Å². The van der Waals surface area contributed by atoms with Gasteiger partial charge >= 0.3 is 0 Å². The zero-order valence-electron chi connectivity index (χ0n) is 19.0. The number of benzene rings is 1. The smallest absolute Gasteiger partial charge is 0.229 e. The number of rotatable bonds is 6. The molecule has 2 aromatic rings. The number of hydrogen-bond donors (Lipinski definition) is 2. The molecular formula is C24H33N7O. The van der Waals surface area contributed by atoms with Gasteiger partial charge in [-0.1, -0.05) is 31.2 Å². The summed E-state index contributed by atoms with van der Waals surface area (Å²) in [4.78, 5) is 28.1. The summed E-state index contributed by atoms with van der Waals surface area (Å²) in [6, 6.07) is 14.0. The molecule has 0 saturated carbocycles. The van der Waals surface area contributed by atoms with E-state index in [9.17, 15) is 4.79 Å². The highest BCUT2D eigenvalue weighted by Crippen LogP contribution is 2.21. The molecule has 2 aliphatic heterocycles. The van der Waals surface area contributed by atoms with Crippen molar-refractivity contribution >= 4 is 23.4 Å². The molecule has 0 spiro atoms. The third kappa shape index (κ3) is 5.37. The lowest BCUT2D eigenvalue weighted by molar-refractivity contribution is -0.117. The van der Waals surface area contributed by atoms with E-state index in [0.717, 1.165) is 49.8 Å². The maximum atomic E-state index is 12.4. The SMILES string of the molecule is CCN1CCN(c2ccc(CNC(=NC)NC3CC(=O)N(c4ccccc4)C3)cn2)CC1. The fraction of sp³-hybridized carbons (Fsp3) is 0.458. The number of pyridine rings is 1. The number of carbonyl (C=O) groups excluding carboxylic acids is 1. The molecule has 1 unspecified atom stereocenters. The highest BCUT2D eigenvalue weighted by Gasteiger charge is 2.31. The van der Waals surface area contributed by atoms with Crippen LogP contribution in [0, 0.1) is 0 Å². The average molecular weight is 436 g/mol. The molecule has 1 amide bonds. The second-order valence-corrected chi connectivity index (χ2v) is 8.26. The number of aromatic nitrogens is 1. The fourth-order valence-electron chi connectivity index (χ4n) is 4.24. The van der Waals surface area contributed by atoms with Gasteiger partial charge in [0.25, 0.3) is 0 Å². The second kappa shape index (κ2) is 10.5. The monoisotopic (exact) mass is 435 g/mol. The first-order chi connectivity index (χ1) is 15.7. The number of likely N-dealkylation sites (N-methyl/N-ethyl adjacent to an activating group) is 1. The molecule has 8 heteroatoms. The van der Waals surface area contributed by atoms with E-state index in [1.807, 2.05) is 41.4 Å². The maximum Gasteiger partial charge on any atom is 0.229 e. The number of carbonyl (C=O) groups is 1. The van der Waals surface area contributed by atoms with Crippen LogP contribution in [0.5, 0.6) is 0 Å². The Kier molecular flexibility index (Phi) is 7.21. The van der Waals surface area contributed by atoms with E-state index in [-0.39, 0.29) is 11.9 Å². The summed E-state index contributed by atoms with van der Waals surface area (Å²) in [5, 5.41) is 6.73. The topological polar surface area (TPSA) is 76.1 Å². The summed E-state index contributed by atoms with van der Waals surface area (Å²) in [6.45, 7) is 8.81. The lowest BCUT2D eigenvalue weighted by atomic mass is 10.2. The normalized spacial score (nSPS) is 20.0. The lowest BCUT2D eigenvalue weighted by Crippen LogP contribution is -2.46. The molecule has 2 fully saturated rings. The Morgan fingerprint density at radius 1 is 1.12 bits per heavy atom. The zero-order valence-corrected chi connectivity index (χ0v) is 19.0. The van der Waals surface area contributed by atoms with Crippen molar-refractivity contribution in [3.05, 3.63) is 54.2 Å². The van der Waals surface area contributed by atoms with Crippen LogP contribution in [0.4, 0.5) is 11.5 Å². The number of piperazine rings is 1. The summed E-state index contributed by atoms with van der Waals surface area (Å²) < 4.78 is 0. The largest absolute Gasteiger partial charge is 0.354 e. The first kappa shape index (κ1) is 22.1. The molecule has 2 saturated heterocycles. The van der Waals surface area contributed by atoms with Crippen molar-refractivity contribution in [3.63, 3.8) is 0 Å². The molecule has 2 aliphatic rings. The van der Waals surface area contributed by atoms with Crippen LogP contribution >= 0.6 is 0 Å². The first-order valence-corrected chi connectivity index (χ1v) is 11.4. The van der Waals surface area contributed by atoms with Crippen molar-refractivity contribution in [2.24, 2.45) is 4.99 Å². The summed E-state index contributed by atoms with van der Waals surface area (Å²) in [5.74, 6) is 1.86. The molecule has 1 aromatic heterocycles. The molecule has 0 aliphatic carbocycles. The third-order valence-corrected chi connectivity index (χ3v) is 6.17. The van der Waals surface area contributed by atoms with E-state index in [1.165, 1.54) is 0 Å². The van der Waals surface area contributed by atoms with Gasteiger partial charge in [-0.25, -0.2) is 4.98 Å². The van der Waals surface area contributed by atoms with Gasteiger partial charge in [0, 0.05) is 64.6 Å². The molecule has 1 aromatic carbocycles. The number of anilines is 2. The van der Waals surface area contributed by atoms with E-state index in [0.29, 0.717) is 25.5 Å². The molecule has 32 heavy (non-hydrogen) atoms. The number of nitrogens with zero attached hydrogens (tertiary/aromatic N) is 5. The second-order valence-electron chi connectivity index (χ2n) is 8.26. The third-order valence-electron chi connectivity index (χ3n) is 6.17. The van der Waals surface area contributed by atoms with Crippen molar-refractivity contribution < 1.29 is 4.79 Å². The fourth-order valence-corrected chi connectivity index (χ4v) is 4.24. The van der Waals surface area contributed by atoms with E-state index >= 15 is 0 Å². The average Bonchev–Trinajstić information content (AvgIpc) is 3.22. The highest BCUT2D eigenvalue weighted by atomic mass is 16.2. The summed E-state index contributed by atoms with van der Waals surface area (Å²) >= 11 is 0. The van der Waals surface area contributed by atoms with Crippen molar-refractivity contribution in [3.8, 4) is 0 Å². The molecule has 1 atom stereocenters. The van der Waals surface area contributed by atoms with Gasteiger partial charge < -0.3 is 25.3 Å². The molecule has 3 heterocycles. The molecular weight excluding hydrogens is 402 g/mol. The van der Waals surface area contributed by atoms with Gasteiger partial charge in [-0.2, -0.15) is 0 Å². The summed E-state index contributed by atoms with van der Waals surface area (Å²) in [5.41, 5.74) is 2.03. The molecule has 8 nitrogen and oxygen atoms in total. The van der Waals surface area contributed by atoms with Gasteiger partial charge in [-0.3, -0.25) is 9.79 Å². The maximum absolute atomic E-state index is 12.4. The van der Waals surface area contributed by atoms with Crippen LogP contribution in [-0.2, 0) is 11.3 Å². The van der Waals surface area contributed by atoms with Crippen LogP contribution < -0.4 is 20.4 Å². The van der Waals surface area contributed by atoms with Gasteiger partial charge in [-0.05, 0) is 30.3 Å². The zero-order chi connectivity index (χ0) is 22.3. The molecule has 170 valence electrons. The summed E-state index contributed by atoms with van der Waals surface area (Å²) in [6.07, 6.45) is 2.38. The van der Waals surface area contributed by atoms with Crippen molar-refractivity contribution in [1.29, 1.82) is 0 Å². The van der Waals surface area contributed by atoms with Crippen LogP contribution in [0.15, 0.2) is 53.7 Å². The first-order valence-electron chi connectivity index (χ1n) is 11.4. The predicted octanol–water partition coefficient (Wildman–Crippen LogP) is 1.69. The minimum Gasteiger partial charge on any atom is -0.354 e. The quantitative estimate of drug-likeness (QED) is 0.531. The Balaban J connectivity index is 1.26. The lowest BCUT2D eigenvalue weighted by Gasteiger charge is -2.34. The number of para-hydroxylation sites is 1. The van der Waals surface area contributed by atoms with Gasteiger partial charge in [0.2, 0.25) is 5.91 Å². The number of guanidine groups is 1. The van der Waals surface area contributed by atoms with Gasteiger partial charge in [0.1, 0.15) is 5.82 Å². The van der Waals surface area contributed by atoms with Crippen molar-refractivity contribution in [1.82, 2.24) is 20.5 Å². The van der Waals surface area contributed by atoms with E-state index < -0.39 is 0 Å². The number of nitrogens with one attached hydrogen (secondary N) is 2. The van der Waals surface area contributed by atoms with Gasteiger partial charge in [0.15, 0.2) is 5.96 Å². The number of amides is 1. The highest BCUT2D eigenvalue weighted by molar-refractivity contribution is 5.97. The summed E-state index contributed by atoms with van der Waals surface area (Å²) in [7, 11) is 1.75. The Hall–Kier alpha value is -3.13. The van der Waals surface area contributed by atoms with Crippen LogP contribution in [0.1, 0.15) is 18.9 Å². The minimum absolute atomic E-state index is 0.0243. The molecule has 0 radical (unpaired) electrons. The van der Waals surface area contributed by atoms with Crippen LogP contribution in [0.3, 0.4) is 0 Å². The Morgan fingerprint density at radius 2 is 1.91 bits per heavy atom. The predicted molar refractivity (Wildman–Crippen MR) is 129 cm³/mol. The Morgan fingerprint density at radius 3 is 2.56 bits per heavy atom. The van der Waals surface area contributed by atoms with Crippen LogP contribution in [-0.4, -0.2) is 74.1 Å². The molecule has 4 rings (SSSR count). The molecule has 2 N–H and O–H groups in total. The Bertz CT molecular complexity index is 908. The minimum atomic E-state index is 0.0243. The van der Waals surface area contributed by atoms with Crippen molar-refractivity contribution in [2.45, 2.75) is 25.9 Å². The van der Waals surface area contributed by atoms with Crippen molar-refractivity contribution in [2.75, 3.05) is 56.1 Å². The van der Waals surface area contributed by atoms with Gasteiger partial charge in [0.05, 0.1) is 6.04 Å². The van der Waals surface area contributed by atoms with Gasteiger partial charge in [-0.15, -0.1) is 0 Å². The Labute approximate surface area is 190 Å². The standard InChI is InChI=1S/C24H33N7O/c1-3-29-11-13-30(14-12-29)22-10-9-19(16-26-22)17-27-24(25-2)28-20-15-23(32)31(18-20)21-7-5-4-6-8-21/h4-10,16,20H,3,11-15,17-18H2,1-2H3,(H2,25,27,28). The molecule has 0 bridgehead atoms. The van der Waals surface area contributed by atoms with E-state index in [4.69, 9.17) is 0 Å². The van der Waals surface area contributed by atoms with E-state index in [2.05, 4.69) is 49.5 Å².